The van der Waals surface area contributed by atoms with Gasteiger partial charge in [-0.2, -0.15) is 5.10 Å². The highest BCUT2D eigenvalue weighted by Gasteiger charge is 2.24. The smallest absolute Gasteiger partial charge is 0.339 e. The van der Waals surface area contributed by atoms with E-state index in [4.69, 9.17) is 0 Å². The minimum absolute atomic E-state index is 0.176. The van der Waals surface area contributed by atoms with Gasteiger partial charge in [0, 0.05) is 18.8 Å². The SMILES string of the molecule is CCC(C)(C)Nc1c(C(=O)O)cnc2c1c(C)nn2C. The maximum atomic E-state index is 11.5. The Morgan fingerprint density at radius 3 is 2.70 bits per heavy atom. The van der Waals surface area contributed by atoms with E-state index in [1.54, 1.807) is 11.7 Å². The molecular formula is C14H20N4O2. The second-order valence-corrected chi connectivity index (χ2v) is 5.62. The number of nitrogens with zero attached hydrogens (tertiary/aromatic N) is 3. The van der Waals surface area contributed by atoms with Gasteiger partial charge in [-0.3, -0.25) is 4.68 Å². The fraction of sp³-hybridized carbons (Fsp3) is 0.500. The van der Waals surface area contributed by atoms with E-state index in [2.05, 4.69) is 22.3 Å². The van der Waals surface area contributed by atoms with Gasteiger partial charge in [-0.05, 0) is 27.2 Å². The summed E-state index contributed by atoms with van der Waals surface area (Å²) in [6.07, 6.45) is 2.26. The molecule has 2 N–H and O–H groups in total. The van der Waals surface area contributed by atoms with Gasteiger partial charge in [-0.25, -0.2) is 9.78 Å². The minimum atomic E-state index is -0.989. The summed E-state index contributed by atoms with van der Waals surface area (Å²) in [6, 6.07) is 0. The van der Waals surface area contributed by atoms with E-state index in [0.717, 1.165) is 17.5 Å². The van der Waals surface area contributed by atoms with Gasteiger partial charge in [-0.1, -0.05) is 6.92 Å². The third kappa shape index (κ3) is 2.33. The van der Waals surface area contributed by atoms with Crippen LogP contribution in [0.2, 0.25) is 0 Å². The molecule has 0 saturated carbocycles. The van der Waals surface area contributed by atoms with Crippen LogP contribution in [0.5, 0.6) is 0 Å². The van der Waals surface area contributed by atoms with Gasteiger partial charge in [0.1, 0.15) is 5.56 Å². The van der Waals surface area contributed by atoms with Crippen LogP contribution in [0.4, 0.5) is 5.69 Å². The lowest BCUT2D eigenvalue weighted by Crippen LogP contribution is -2.30. The summed E-state index contributed by atoms with van der Waals surface area (Å²) < 4.78 is 1.67. The van der Waals surface area contributed by atoms with E-state index in [1.807, 2.05) is 20.8 Å². The summed E-state index contributed by atoms with van der Waals surface area (Å²) in [5.74, 6) is -0.989. The lowest BCUT2D eigenvalue weighted by atomic mass is 10.00. The first-order valence-electron chi connectivity index (χ1n) is 6.60. The molecule has 2 aromatic heterocycles. The zero-order valence-electron chi connectivity index (χ0n) is 12.5. The van der Waals surface area contributed by atoms with Crippen LogP contribution in [-0.2, 0) is 7.05 Å². The van der Waals surface area contributed by atoms with Crippen LogP contribution in [0.25, 0.3) is 11.0 Å². The zero-order valence-corrected chi connectivity index (χ0v) is 12.5. The van der Waals surface area contributed by atoms with Gasteiger partial charge in [-0.15, -0.1) is 0 Å². The van der Waals surface area contributed by atoms with Crippen molar-refractivity contribution in [2.45, 2.75) is 39.7 Å². The molecule has 0 aliphatic rings. The van der Waals surface area contributed by atoms with Gasteiger partial charge >= 0.3 is 5.97 Å². The first-order valence-corrected chi connectivity index (χ1v) is 6.60. The molecule has 0 aromatic carbocycles. The van der Waals surface area contributed by atoms with E-state index in [0.29, 0.717) is 11.3 Å². The average molecular weight is 276 g/mol. The molecule has 0 unspecified atom stereocenters. The van der Waals surface area contributed by atoms with Crippen molar-refractivity contribution in [3.05, 3.63) is 17.5 Å². The van der Waals surface area contributed by atoms with Crippen LogP contribution in [-0.4, -0.2) is 31.4 Å². The highest BCUT2D eigenvalue weighted by Crippen LogP contribution is 2.31. The Morgan fingerprint density at radius 1 is 1.50 bits per heavy atom. The van der Waals surface area contributed by atoms with Gasteiger partial charge in [0.25, 0.3) is 0 Å². The number of nitrogens with one attached hydrogen (secondary N) is 1. The van der Waals surface area contributed by atoms with Gasteiger partial charge in [0.2, 0.25) is 0 Å². The van der Waals surface area contributed by atoms with E-state index in [9.17, 15) is 9.90 Å². The van der Waals surface area contributed by atoms with Crippen molar-refractivity contribution in [1.29, 1.82) is 0 Å². The fourth-order valence-electron chi connectivity index (χ4n) is 2.13. The zero-order chi connectivity index (χ0) is 15.1. The summed E-state index contributed by atoms with van der Waals surface area (Å²) >= 11 is 0. The standard InChI is InChI=1S/C14H20N4O2/c1-6-14(3,4)16-11-9(13(19)20)7-15-12-10(11)8(2)17-18(12)5/h7H,6H2,1-5H3,(H,15,16)(H,19,20). The third-order valence-electron chi connectivity index (χ3n) is 3.60. The van der Waals surface area contributed by atoms with Gasteiger partial charge < -0.3 is 10.4 Å². The van der Waals surface area contributed by atoms with Crippen molar-refractivity contribution in [2.75, 3.05) is 5.32 Å². The number of rotatable bonds is 4. The normalized spacial score (nSPS) is 11.8. The van der Waals surface area contributed by atoms with Crippen molar-refractivity contribution < 1.29 is 9.90 Å². The number of fused-ring (bicyclic) bond motifs is 1. The Hall–Kier alpha value is -2.11. The first-order chi connectivity index (χ1) is 9.26. The van der Waals surface area contributed by atoms with Crippen molar-refractivity contribution in [2.24, 2.45) is 7.05 Å². The van der Waals surface area contributed by atoms with Crippen molar-refractivity contribution in [3.8, 4) is 0 Å². The predicted octanol–water partition coefficient (Wildman–Crippen LogP) is 2.58. The lowest BCUT2D eigenvalue weighted by Gasteiger charge is -2.27. The Bertz CT molecular complexity index is 673. The minimum Gasteiger partial charge on any atom is -0.478 e. The number of aryl methyl sites for hydroxylation is 2. The molecule has 0 saturated heterocycles. The van der Waals surface area contributed by atoms with E-state index in [1.165, 1.54) is 6.20 Å². The van der Waals surface area contributed by atoms with Crippen molar-refractivity contribution in [1.82, 2.24) is 14.8 Å². The van der Waals surface area contributed by atoms with E-state index < -0.39 is 5.97 Å². The molecule has 0 atom stereocenters. The molecule has 2 aromatic rings. The molecule has 2 heterocycles. The Morgan fingerprint density at radius 2 is 2.15 bits per heavy atom. The van der Waals surface area contributed by atoms with Gasteiger partial charge in [0.15, 0.2) is 5.65 Å². The molecule has 0 amide bonds. The van der Waals surface area contributed by atoms with Crippen LogP contribution >= 0.6 is 0 Å². The number of anilines is 1. The van der Waals surface area contributed by atoms with Crippen molar-refractivity contribution >= 4 is 22.7 Å². The van der Waals surface area contributed by atoms with E-state index in [-0.39, 0.29) is 11.1 Å². The summed E-state index contributed by atoms with van der Waals surface area (Å²) in [6.45, 7) is 7.99. The molecule has 0 aliphatic heterocycles. The van der Waals surface area contributed by atoms with Crippen molar-refractivity contribution in [3.63, 3.8) is 0 Å². The molecule has 0 radical (unpaired) electrons. The number of aromatic carboxylic acids is 1. The molecule has 0 aliphatic carbocycles. The average Bonchev–Trinajstić information content (AvgIpc) is 2.65. The van der Waals surface area contributed by atoms with Crippen LogP contribution in [0.1, 0.15) is 43.2 Å². The third-order valence-corrected chi connectivity index (χ3v) is 3.60. The Kier molecular flexibility index (Phi) is 3.41. The number of carboxylic acid groups (broad SMARTS) is 1. The number of pyridine rings is 1. The van der Waals surface area contributed by atoms with E-state index >= 15 is 0 Å². The second kappa shape index (κ2) is 4.77. The summed E-state index contributed by atoms with van der Waals surface area (Å²) in [4.78, 5) is 15.7. The molecular weight excluding hydrogens is 256 g/mol. The topological polar surface area (TPSA) is 80.0 Å². The second-order valence-electron chi connectivity index (χ2n) is 5.62. The lowest BCUT2D eigenvalue weighted by molar-refractivity contribution is 0.0697. The maximum Gasteiger partial charge on any atom is 0.339 e. The summed E-state index contributed by atoms with van der Waals surface area (Å²) in [5, 5.41) is 17.8. The van der Waals surface area contributed by atoms with Crippen LogP contribution < -0.4 is 5.32 Å². The highest BCUT2D eigenvalue weighted by atomic mass is 16.4. The molecule has 6 nitrogen and oxygen atoms in total. The number of carboxylic acids is 1. The van der Waals surface area contributed by atoms with Crippen LogP contribution in [0.3, 0.4) is 0 Å². The molecule has 2 rings (SSSR count). The molecule has 0 spiro atoms. The van der Waals surface area contributed by atoms with Crippen LogP contribution in [0.15, 0.2) is 6.20 Å². The molecule has 6 heteroatoms. The Labute approximate surface area is 117 Å². The molecule has 0 fully saturated rings. The number of hydrogen-bond donors (Lipinski definition) is 2. The first kappa shape index (κ1) is 14.3. The number of aromatic nitrogens is 3. The highest BCUT2D eigenvalue weighted by molar-refractivity contribution is 6.04. The molecule has 108 valence electrons. The summed E-state index contributed by atoms with van der Waals surface area (Å²) in [5.41, 5.74) is 2.02. The molecule has 20 heavy (non-hydrogen) atoms. The number of hydrogen-bond acceptors (Lipinski definition) is 4. The fourth-order valence-corrected chi connectivity index (χ4v) is 2.13. The van der Waals surface area contributed by atoms with Crippen LogP contribution in [0, 0.1) is 6.92 Å². The quantitative estimate of drug-likeness (QED) is 0.897. The predicted molar refractivity (Wildman–Crippen MR) is 78.2 cm³/mol. The summed E-state index contributed by atoms with van der Waals surface area (Å²) in [7, 11) is 1.80. The largest absolute Gasteiger partial charge is 0.478 e. The number of carbonyl (C=O) groups is 1. The molecule has 0 bridgehead atoms. The maximum absolute atomic E-state index is 11.5. The van der Waals surface area contributed by atoms with Gasteiger partial charge in [0.05, 0.1) is 16.8 Å². The Balaban J connectivity index is 2.75. The monoisotopic (exact) mass is 276 g/mol.